The Bertz CT molecular complexity index is 785. The van der Waals surface area contributed by atoms with E-state index in [1.165, 1.54) is 11.3 Å². The van der Waals surface area contributed by atoms with Crippen LogP contribution in [0.2, 0.25) is 0 Å². The van der Waals surface area contributed by atoms with Crippen LogP contribution >= 0.6 is 27.3 Å². The van der Waals surface area contributed by atoms with Crippen molar-refractivity contribution in [1.82, 2.24) is 4.72 Å². The molecule has 0 aliphatic rings. The molecule has 0 spiro atoms. The largest absolute Gasteiger partial charge is 0.507 e. The number of halogens is 1. The number of hydrogen-bond acceptors (Lipinski definition) is 5. The molecule has 0 radical (unpaired) electrons. The summed E-state index contributed by atoms with van der Waals surface area (Å²) in [6.07, 6.45) is 0. The first-order valence-electron chi connectivity index (χ1n) is 5.60. The Morgan fingerprint density at radius 3 is 2.57 bits per heavy atom. The highest BCUT2D eigenvalue weighted by Gasteiger charge is 2.18. The lowest BCUT2D eigenvalue weighted by Gasteiger charge is -2.07. The van der Waals surface area contributed by atoms with E-state index in [0.717, 1.165) is 26.9 Å². The fourth-order valence-electron chi connectivity index (χ4n) is 1.55. The summed E-state index contributed by atoms with van der Waals surface area (Å²) in [6.45, 7) is 0.0991. The summed E-state index contributed by atoms with van der Waals surface area (Å²) < 4.78 is 27.5. The van der Waals surface area contributed by atoms with Crippen molar-refractivity contribution in [2.24, 2.45) is 0 Å². The van der Waals surface area contributed by atoms with Gasteiger partial charge in [-0.05, 0) is 46.3 Å². The van der Waals surface area contributed by atoms with E-state index < -0.39 is 27.3 Å². The van der Waals surface area contributed by atoms with Gasteiger partial charge in [0.1, 0.15) is 11.3 Å². The maximum atomic E-state index is 12.1. The highest BCUT2D eigenvalue weighted by atomic mass is 79.9. The van der Waals surface area contributed by atoms with Crippen LogP contribution in [0.15, 0.2) is 39.0 Å². The van der Waals surface area contributed by atoms with Gasteiger partial charge in [0, 0.05) is 11.4 Å². The van der Waals surface area contributed by atoms with E-state index >= 15 is 0 Å². The number of nitrogens with one attached hydrogen (secondary N) is 1. The predicted octanol–water partition coefficient (Wildman–Crippen LogP) is 2.39. The van der Waals surface area contributed by atoms with Crippen molar-refractivity contribution >= 4 is 43.3 Å². The maximum absolute atomic E-state index is 12.1. The third kappa shape index (κ3) is 3.82. The van der Waals surface area contributed by atoms with E-state index in [0.29, 0.717) is 0 Å². The molecule has 0 unspecified atom stereocenters. The van der Waals surface area contributed by atoms with Crippen LogP contribution in [-0.4, -0.2) is 24.6 Å². The summed E-state index contributed by atoms with van der Waals surface area (Å²) in [5.74, 6) is -1.88. The third-order valence-electron chi connectivity index (χ3n) is 2.57. The van der Waals surface area contributed by atoms with Crippen LogP contribution in [0.3, 0.4) is 0 Å². The van der Waals surface area contributed by atoms with Gasteiger partial charge < -0.3 is 10.2 Å². The average Bonchev–Trinajstić information content (AvgIpc) is 2.82. The quantitative estimate of drug-likeness (QED) is 0.725. The van der Waals surface area contributed by atoms with Crippen LogP contribution < -0.4 is 4.72 Å². The highest BCUT2D eigenvalue weighted by molar-refractivity contribution is 9.11. The molecule has 2 aromatic rings. The number of sulfonamides is 1. The predicted molar refractivity (Wildman–Crippen MR) is 81.1 cm³/mol. The van der Waals surface area contributed by atoms with Gasteiger partial charge in [-0.15, -0.1) is 11.3 Å². The molecule has 0 amide bonds. The summed E-state index contributed by atoms with van der Waals surface area (Å²) in [4.78, 5) is 11.5. The molecule has 9 heteroatoms. The highest BCUT2D eigenvalue weighted by Crippen LogP contribution is 2.24. The van der Waals surface area contributed by atoms with Crippen molar-refractivity contribution in [3.8, 4) is 5.75 Å². The second kappa shape index (κ2) is 6.14. The van der Waals surface area contributed by atoms with Crippen LogP contribution in [0.5, 0.6) is 5.75 Å². The van der Waals surface area contributed by atoms with Gasteiger partial charge in [-0.3, -0.25) is 0 Å². The van der Waals surface area contributed by atoms with Crippen LogP contribution in [0.1, 0.15) is 15.2 Å². The van der Waals surface area contributed by atoms with Gasteiger partial charge >= 0.3 is 5.97 Å². The zero-order valence-electron chi connectivity index (χ0n) is 10.4. The third-order valence-corrected chi connectivity index (χ3v) is 5.60. The number of carboxylic acid groups (broad SMARTS) is 1. The van der Waals surface area contributed by atoms with Crippen molar-refractivity contribution in [2.45, 2.75) is 11.4 Å². The SMILES string of the molecule is O=C(O)c1cc(S(=O)(=O)NCc2ccc(Br)s2)ccc1O. The molecule has 0 atom stereocenters. The van der Waals surface area contributed by atoms with Gasteiger partial charge in [0.05, 0.1) is 8.68 Å². The summed E-state index contributed by atoms with van der Waals surface area (Å²) in [5.41, 5.74) is -0.461. The molecule has 0 saturated heterocycles. The average molecular weight is 392 g/mol. The molecule has 1 heterocycles. The molecule has 2 rings (SSSR count). The second-order valence-electron chi connectivity index (χ2n) is 4.01. The number of rotatable bonds is 5. The number of benzene rings is 1. The minimum absolute atomic E-state index is 0.0991. The Labute approximate surface area is 133 Å². The number of hydrogen-bond donors (Lipinski definition) is 3. The van der Waals surface area contributed by atoms with Gasteiger partial charge in [0.2, 0.25) is 10.0 Å². The monoisotopic (exact) mass is 391 g/mol. The number of carbonyl (C=O) groups is 1. The molecule has 0 aliphatic carbocycles. The van der Waals surface area contributed by atoms with E-state index in [4.69, 9.17) is 5.11 Å². The van der Waals surface area contributed by atoms with Gasteiger partial charge in [-0.2, -0.15) is 0 Å². The minimum Gasteiger partial charge on any atom is -0.507 e. The van der Waals surface area contributed by atoms with E-state index in [9.17, 15) is 18.3 Å². The Kier molecular flexibility index (Phi) is 4.67. The standard InChI is InChI=1S/C12H10BrNO5S2/c13-11-4-1-7(20-11)6-14-21(18,19)8-2-3-10(15)9(5-8)12(16)17/h1-5,14-15H,6H2,(H,16,17). The lowest BCUT2D eigenvalue weighted by Crippen LogP contribution is -2.23. The Morgan fingerprint density at radius 1 is 1.29 bits per heavy atom. The molecule has 1 aromatic heterocycles. The molecule has 21 heavy (non-hydrogen) atoms. The molecule has 112 valence electrons. The lowest BCUT2D eigenvalue weighted by atomic mass is 10.2. The first-order valence-corrected chi connectivity index (χ1v) is 8.69. The smallest absolute Gasteiger partial charge is 0.339 e. The van der Waals surface area contributed by atoms with E-state index in [2.05, 4.69) is 20.7 Å². The van der Waals surface area contributed by atoms with Crippen LogP contribution in [-0.2, 0) is 16.6 Å². The van der Waals surface area contributed by atoms with E-state index in [1.807, 2.05) is 0 Å². The van der Waals surface area contributed by atoms with Crippen molar-refractivity contribution in [2.75, 3.05) is 0 Å². The van der Waals surface area contributed by atoms with Crippen molar-refractivity contribution in [3.05, 3.63) is 44.6 Å². The second-order valence-corrected chi connectivity index (χ2v) is 8.33. The normalized spacial score (nSPS) is 11.5. The van der Waals surface area contributed by atoms with Gasteiger partial charge in [-0.1, -0.05) is 0 Å². The Morgan fingerprint density at radius 2 is 2.00 bits per heavy atom. The molecule has 0 saturated carbocycles. The van der Waals surface area contributed by atoms with Crippen LogP contribution in [0.25, 0.3) is 0 Å². The first-order chi connectivity index (χ1) is 9.79. The van der Waals surface area contributed by atoms with Gasteiger partial charge in [0.15, 0.2) is 0 Å². The molecular formula is C12H10BrNO5S2. The van der Waals surface area contributed by atoms with Crippen molar-refractivity contribution < 1.29 is 23.4 Å². The number of thiophene rings is 1. The molecule has 0 bridgehead atoms. The van der Waals surface area contributed by atoms with Crippen molar-refractivity contribution in [3.63, 3.8) is 0 Å². The van der Waals surface area contributed by atoms with E-state index in [1.54, 1.807) is 12.1 Å². The topological polar surface area (TPSA) is 104 Å². The number of aromatic carboxylic acids is 1. The minimum atomic E-state index is -3.86. The molecule has 1 aromatic carbocycles. The Balaban J connectivity index is 2.23. The summed E-state index contributed by atoms with van der Waals surface area (Å²) >= 11 is 4.67. The summed E-state index contributed by atoms with van der Waals surface area (Å²) in [7, 11) is -3.86. The number of carboxylic acids is 1. The maximum Gasteiger partial charge on any atom is 0.339 e. The fraction of sp³-hybridized carbons (Fsp3) is 0.0833. The fourth-order valence-corrected chi connectivity index (χ4v) is 4.10. The number of aromatic hydroxyl groups is 1. The first kappa shape index (κ1) is 16.0. The number of phenols is 1. The summed E-state index contributed by atoms with van der Waals surface area (Å²) in [6, 6.07) is 6.69. The lowest BCUT2D eigenvalue weighted by molar-refractivity contribution is 0.0693. The van der Waals surface area contributed by atoms with E-state index in [-0.39, 0.29) is 11.4 Å². The zero-order chi connectivity index (χ0) is 15.6. The van der Waals surface area contributed by atoms with Crippen molar-refractivity contribution in [1.29, 1.82) is 0 Å². The molecule has 6 nitrogen and oxygen atoms in total. The summed E-state index contributed by atoms with van der Waals surface area (Å²) in [5, 5.41) is 18.3. The van der Waals surface area contributed by atoms with Crippen LogP contribution in [0, 0.1) is 0 Å². The van der Waals surface area contributed by atoms with Gasteiger partial charge in [-0.25, -0.2) is 17.9 Å². The van der Waals surface area contributed by atoms with Gasteiger partial charge in [0.25, 0.3) is 0 Å². The molecule has 0 aliphatic heterocycles. The molecule has 0 fully saturated rings. The van der Waals surface area contributed by atoms with Crippen LogP contribution in [0.4, 0.5) is 0 Å². The Hall–Kier alpha value is -1.42. The zero-order valence-corrected chi connectivity index (χ0v) is 13.6. The molecule has 3 N–H and O–H groups in total. The molecular weight excluding hydrogens is 382 g/mol.